The first-order valence-corrected chi connectivity index (χ1v) is 9.23. The lowest BCUT2D eigenvalue weighted by Gasteiger charge is -2.22. The van der Waals surface area contributed by atoms with E-state index in [-0.39, 0.29) is 11.6 Å². The number of carbonyl (C=O) groups is 2. The highest BCUT2D eigenvalue weighted by Gasteiger charge is 2.33. The van der Waals surface area contributed by atoms with E-state index >= 15 is 0 Å². The lowest BCUT2D eigenvalue weighted by molar-refractivity contribution is 0.0977. The van der Waals surface area contributed by atoms with Crippen LogP contribution in [0, 0.1) is 0 Å². The topological polar surface area (TPSA) is 52.6 Å². The smallest absolute Gasteiger partial charge is 0.198 e. The van der Waals surface area contributed by atoms with Crippen LogP contribution in [-0.4, -0.2) is 18.7 Å². The Morgan fingerprint density at radius 2 is 1.28 bits per heavy atom. The SMILES string of the molecule is COc1ccc(Oc2c3c(cc4ccccc24)C(=O)c2ccccc2C3=O)cc1. The third kappa shape index (κ3) is 2.69. The van der Waals surface area contributed by atoms with Gasteiger partial charge >= 0.3 is 0 Å². The molecule has 0 bridgehead atoms. The molecular formula is C25H16O4. The van der Waals surface area contributed by atoms with Crippen LogP contribution in [0.2, 0.25) is 0 Å². The van der Waals surface area contributed by atoms with Crippen LogP contribution in [0.25, 0.3) is 10.8 Å². The van der Waals surface area contributed by atoms with Crippen LogP contribution in [0.5, 0.6) is 17.2 Å². The molecule has 4 nitrogen and oxygen atoms in total. The lowest BCUT2D eigenvalue weighted by Crippen LogP contribution is -2.21. The predicted molar refractivity (Wildman–Crippen MR) is 110 cm³/mol. The van der Waals surface area contributed by atoms with Gasteiger partial charge in [0.2, 0.25) is 0 Å². The van der Waals surface area contributed by atoms with Crippen molar-refractivity contribution in [3.05, 3.63) is 101 Å². The molecule has 0 heterocycles. The monoisotopic (exact) mass is 380 g/mol. The summed E-state index contributed by atoms with van der Waals surface area (Å²) in [6, 6.07) is 23.4. The number of methoxy groups -OCH3 is 1. The lowest BCUT2D eigenvalue weighted by atomic mass is 9.82. The Bertz CT molecular complexity index is 1290. The van der Waals surface area contributed by atoms with Gasteiger partial charge in [0.05, 0.1) is 12.7 Å². The van der Waals surface area contributed by atoms with Gasteiger partial charge in [-0.25, -0.2) is 0 Å². The molecule has 29 heavy (non-hydrogen) atoms. The second kappa shape index (κ2) is 6.60. The molecule has 4 heteroatoms. The Labute approximate surface area is 167 Å². The first-order valence-electron chi connectivity index (χ1n) is 9.23. The van der Waals surface area contributed by atoms with Gasteiger partial charge in [-0.05, 0) is 35.7 Å². The molecule has 0 aromatic heterocycles. The molecular weight excluding hydrogens is 364 g/mol. The number of hydrogen-bond donors (Lipinski definition) is 0. The van der Waals surface area contributed by atoms with Crippen molar-refractivity contribution in [2.75, 3.05) is 7.11 Å². The molecule has 1 aliphatic carbocycles. The van der Waals surface area contributed by atoms with Gasteiger partial charge in [-0.2, -0.15) is 0 Å². The Morgan fingerprint density at radius 1 is 0.655 bits per heavy atom. The molecule has 0 amide bonds. The summed E-state index contributed by atoms with van der Waals surface area (Å²) in [7, 11) is 1.60. The Morgan fingerprint density at radius 3 is 2.00 bits per heavy atom. The van der Waals surface area contributed by atoms with E-state index in [2.05, 4.69) is 0 Å². The summed E-state index contributed by atoms with van der Waals surface area (Å²) in [5, 5.41) is 1.62. The molecule has 0 spiro atoms. The summed E-state index contributed by atoms with van der Waals surface area (Å²) >= 11 is 0. The number of ether oxygens (including phenoxy) is 2. The summed E-state index contributed by atoms with van der Waals surface area (Å²) in [4.78, 5) is 26.5. The zero-order valence-corrected chi connectivity index (χ0v) is 15.6. The van der Waals surface area contributed by atoms with Gasteiger partial charge in [0, 0.05) is 22.1 Å². The molecule has 0 unspecified atom stereocenters. The number of hydrogen-bond acceptors (Lipinski definition) is 4. The number of rotatable bonds is 3. The zero-order valence-electron chi connectivity index (χ0n) is 15.6. The molecule has 4 aromatic rings. The molecule has 0 atom stereocenters. The average Bonchev–Trinajstić information content (AvgIpc) is 2.77. The Hall–Kier alpha value is -3.92. The maximum absolute atomic E-state index is 13.4. The first-order chi connectivity index (χ1) is 14.2. The Kier molecular flexibility index (Phi) is 3.91. The van der Waals surface area contributed by atoms with Crippen molar-refractivity contribution in [2.24, 2.45) is 0 Å². The highest BCUT2D eigenvalue weighted by atomic mass is 16.5. The maximum atomic E-state index is 13.4. The summed E-state index contributed by atoms with van der Waals surface area (Å²) in [5.74, 6) is 1.29. The van der Waals surface area contributed by atoms with E-state index < -0.39 is 0 Å². The zero-order chi connectivity index (χ0) is 20.0. The first kappa shape index (κ1) is 17.2. The fourth-order valence-electron chi connectivity index (χ4n) is 3.75. The van der Waals surface area contributed by atoms with Crippen LogP contribution < -0.4 is 9.47 Å². The Balaban J connectivity index is 1.76. The molecule has 140 valence electrons. The normalized spacial score (nSPS) is 12.4. The number of benzene rings is 4. The molecule has 0 N–H and O–H groups in total. The van der Waals surface area contributed by atoms with Crippen LogP contribution in [0.4, 0.5) is 0 Å². The number of ketones is 2. The van der Waals surface area contributed by atoms with E-state index in [0.717, 1.165) is 10.8 Å². The van der Waals surface area contributed by atoms with E-state index in [4.69, 9.17) is 9.47 Å². The van der Waals surface area contributed by atoms with Crippen molar-refractivity contribution in [1.82, 2.24) is 0 Å². The van der Waals surface area contributed by atoms with Gasteiger partial charge in [-0.3, -0.25) is 9.59 Å². The standard InChI is InChI=1S/C25H16O4/c1-28-16-10-12-17(13-11-16)29-25-18-7-3-2-6-15(18)14-21-22(25)24(27)20-9-5-4-8-19(20)23(21)26/h2-14H,1H3. The predicted octanol–water partition coefficient (Wildman–Crippen LogP) is 5.42. The van der Waals surface area contributed by atoms with Crippen molar-refractivity contribution in [3.8, 4) is 17.2 Å². The molecule has 0 aliphatic heterocycles. The number of carbonyl (C=O) groups excluding carboxylic acids is 2. The van der Waals surface area contributed by atoms with E-state index in [1.807, 2.05) is 24.3 Å². The minimum absolute atomic E-state index is 0.166. The van der Waals surface area contributed by atoms with Gasteiger partial charge in [-0.15, -0.1) is 0 Å². The fourth-order valence-corrected chi connectivity index (χ4v) is 3.75. The minimum Gasteiger partial charge on any atom is -0.497 e. The summed E-state index contributed by atoms with van der Waals surface area (Å²) < 4.78 is 11.4. The molecule has 0 radical (unpaired) electrons. The largest absolute Gasteiger partial charge is 0.497 e. The van der Waals surface area contributed by atoms with E-state index in [1.165, 1.54) is 0 Å². The van der Waals surface area contributed by atoms with Gasteiger partial charge in [-0.1, -0.05) is 48.5 Å². The molecule has 0 saturated carbocycles. The van der Waals surface area contributed by atoms with E-state index in [9.17, 15) is 9.59 Å². The maximum Gasteiger partial charge on any atom is 0.198 e. The second-order valence-electron chi connectivity index (χ2n) is 6.83. The van der Waals surface area contributed by atoms with Gasteiger partial charge in [0.15, 0.2) is 11.6 Å². The van der Waals surface area contributed by atoms with Crippen LogP contribution in [0.1, 0.15) is 31.8 Å². The molecule has 0 saturated heterocycles. The molecule has 5 rings (SSSR count). The highest BCUT2D eigenvalue weighted by molar-refractivity contribution is 6.31. The number of fused-ring (bicyclic) bond motifs is 3. The van der Waals surface area contributed by atoms with Crippen LogP contribution in [-0.2, 0) is 0 Å². The van der Waals surface area contributed by atoms with Crippen LogP contribution in [0.3, 0.4) is 0 Å². The van der Waals surface area contributed by atoms with Crippen molar-refractivity contribution < 1.29 is 19.1 Å². The van der Waals surface area contributed by atoms with Gasteiger partial charge in [0.1, 0.15) is 17.2 Å². The molecule has 0 fully saturated rings. The average molecular weight is 380 g/mol. The van der Waals surface area contributed by atoms with Gasteiger partial charge in [0.25, 0.3) is 0 Å². The van der Waals surface area contributed by atoms with Crippen LogP contribution in [0.15, 0.2) is 78.9 Å². The van der Waals surface area contributed by atoms with Crippen molar-refractivity contribution in [2.45, 2.75) is 0 Å². The van der Waals surface area contributed by atoms with Crippen molar-refractivity contribution in [1.29, 1.82) is 0 Å². The van der Waals surface area contributed by atoms with Crippen molar-refractivity contribution in [3.63, 3.8) is 0 Å². The van der Waals surface area contributed by atoms with Gasteiger partial charge < -0.3 is 9.47 Å². The summed E-state index contributed by atoms with van der Waals surface area (Å²) in [6.45, 7) is 0. The second-order valence-corrected chi connectivity index (χ2v) is 6.83. The van der Waals surface area contributed by atoms with Crippen molar-refractivity contribution >= 4 is 22.3 Å². The third-order valence-corrected chi connectivity index (χ3v) is 5.17. The van der Waals surface area contributed by atoms with Crippen LogP contribution >= 0.6 is 0 Å². The third-order valence-electron chi connectivity index (χ3n) is 5.17. The fraction of sp³-hybridized carbons (Fsp3) is 0.0400. The summed E-state index contributed by atoms with van der Waals surface area (Å²) in [5.41, 5.74) is 1.51. The quantitative estimate of drug-likeness (QED) is 0.420. The minimum atomic E-state index is -0.204. The van der Waals surface area contributed by atoms with E-state index in [1.54, 1.807) is 61.7 Å². The summed E-state index contributed by atoms with van der Waals surface area (Å²) in [6.07, 6.45) is 0. The molecule has 1 aliphatic rings. The highest BCUT2D eigenvalue weighted by Crippen LogP contribution is 2.41. The molecule has 4 aromatic carbocycles. The van der Waals surface area contributed by atoms with E-state index in [0.29, 0.717) is 39.5 Å².